The summed E-state index contributed by atoms with van der Waals surface area (Å²) in [6, 6.07) is 0. The van der Waals surface area contributed by atoms with Crippen molar-refractivity contribution in [2.75, 3.05) is 6.61 Å². The standard InChI is InChI=1S/C20H32O.C6H12O6/c1-3-13-11-15(21)12-14-6-7-16-17(19(13)14)8-10-20(2)9-4-5-18(16)20;7-1-2-3(8)4(9)5(10)6(11)12-2/h11,13-14,16-19,21H,3-10,12H2,1-2H3;2-11H,1H2/t13?,14?,16?,17?,18?,19?,20-;2-,3-,4+,5-,6?/m01/s1. The first-order valence-electron chi connectivity index (χ1n) is 13.1. The van der Waals surface area contributed by atoms with Gasteiger partial charge in [-0.2, -0.15) is 0 Å². The zero-order chi connectivity index (χ0) is 23.9. The quantitative estimate of drug-likeness (QED) is 0.367. The zero-order valence-electron chi connectivity index (χ0n) is 20.1. The summed E-state index contributed by atoms with van der Waals surface area (Å²) in [6.45, 7) is 4.39. The van der Waals surface area contributed by atoms with Crippen LogP contribution in [-0.2, 0) is 4.74 Å². The van der Waals surface area contributed by atoms with Crippen molar-refractivity contribution in [1.29, 1.82) is 0 Å². The molecule has 33 heavy (non-hydrogen) atoms. The summed E-state index contributed by atoms with van der Waals surface area (Å²) in [5.41, 5.74) is 0.683. The number of hydrogen-bond acceptors (Lipinski definition) is 7. The molecule has 4 fully saturated rings. The average Bonchev–Trinajstić information content (AvgIpc) is 3.21. The predicted octanol–water partition coefficient (Wildman–Crippen LogP) is 2.50. The third-order valence-corrected chi connectivity index (χ3v) is 9.89. The van der Waals surface area contributed by atoms with Gasteiger partial charge in [-0.15, -0.1) is 0 Å². The lowest BCUT2D eigenvalue weighted by molar-refractivity contribution is -0.286. The first-order chi connectivity index (χ1) is 15.7. The van der Waals surface area contributed by atoms with E-state index in [1.54, 1.807) is 0 Å². The summed E-state index contributed by atoms with van der Waals surface area (Å²) in [5.74, 6) is 6.02. The SMILES string of the molecule is CCC1C=C(O)CC2CCC3C(CC[C@]4(C)CCCC34)C12.OC[C@H]1OC(O)[C@H](O)[C@@H](O)[C@@H]1O. The molecule has 0 amide bonds. The van der Waals surface area contributed by atoms with E-state index in [1.165, 1.54) is 51.4 Å². The van der Waals surface area contributed by atoms with Crippen LogP contribution < -0.4 is 0 Å². The Kier molecular flexibility index (Phi) is 7.78. The summed E-state index contributed by atoms with van der Waals surface area (Å²) in [7, 11) is 0. The number of fused-ring (bicyclic) bond motifs is 5. The van der Waals surface area contributed by atoms with Crippen molar-refractivity contribution in [2.24, 2.45) is 40.9 Å². The molecule has 5 rings (SSSR count). The van der Waals surface area contributed by atoms with Crippen molar-refractivity contribution < 1.29 is 35.4 Å². The molecule has 190 valence electrons. The van der Waals surface area contributed by atoms with Crippen molar-refractivity contribution in [1.82, 2.24) is 0 Å². The smallest absolute Gasteiger partial charge is 0.184 e. The van der Waals surface area contributed by atoms with E-state index in [9.17, 15) is 5.11 Å². The lowest BCUT2D eigenvalue weighted by atomic mass is 9.49. The third kappa shape index (κ3) is 4.74. The second-order valence-electron chi connectivity index (χ2n) is 11.6. The monoisotopic (exact) mass is 468 g/mol. The number of aliphatic hydroxyl groups is 6. The van der Waals surface area contributed by atoms with Crippen LogP contribution in [-0.4, -0.2) is 68.0 Å². The minimum atomic E-state index is -1.57. The summed E-state index contributed by atoms with van der Waals surface area (Å²) in [4.78, 5) is 0. The summed E-state index contributed by atoms with van der Waals surface area (Å²) >= 11 is 0. The van der Waals surface area contributed by atoms with Crippen LogP contribution >= 0.6 is 0 Å². The number of allylic oxidation sites excluding steroid dienone is 2. The van der Waals surface area contributed by atoms with Gasteiger partial charge >= 0.3 is 0 Å². The van der Waals surface area contributed by atoms with E-state index in [-0.39, 0.29) is 0 Å². The first-order valence-corrected chi connectivity index (χ1v) is 13.1. The molecule has 12 atom stereocenters. The molecule has 4 aliphatic carbocycles. The molecular weight excluding hydrogens is 424 g/mol. The number of ether oxygens (including phenoxy) is 1. The van der Waals surface area contributed by atoms with Crippen LogP contribution in [0, 0.1) is 40.9 Å². The Bertz CT molecular complexity index is 693. The van der Waals surface area contributed by atoms with Crippen LogP contribution in [0.4, 0.5) is 0 Å². The fraction of sp³-hybridized carbons (Fsp3) is 0.923. The second-order valence-corrected chi connectivity index (χ2v) is 11.6. The van der Waals surface area contributed by atoms with E-state index in [1.807, 2.05) is 0 Å². The summed E-state index contributed by atoms with van der Waals surface area (Å²) in [5, 5.41) is 54.8. The predicted molar refractivity (Wildman–Crippen MR) is 123 cm³/mol. The Morgan fingerprint density at radius 1 is 0.970 bits per heavy atom. The maximum atomic E-state index is 10.1. The van der Waals surface area contributed by atoms with Crippen molar-refractivity contribution in [2.45, 2.75) is 102 Å². The van der Waals surface area contributed by atoms with Gasteiger partial charge in [-0.25, -0.2) is 0 Å². The molecule has 7 heteroatoms. The molecule has 6 N–H and O–H groups in total. The fourth-order valence-electron chi connectivity index (χ4n) is 8.22. The molecule has 0 aromatic heterocycles. The number of hydrogen-bond donors (Lipinski definition) is 6. The van der Waals surface area contributed by atoms with E-state index in [0.29, 0.717) is 17.1 Å². The lowest BCUT2D eigenvalue weighted by Gasteiger charge is -2.56. The molecule has 0 aromatic rings. The van der Waals surface area contributed by atoms with Crippen LogP contribution in [0.5, 0.6) is 0 Å². The van der Waals surface area contributed by atoms with E-state index in [4.69, 9.17) is 25.5 Å². The highest BCUT2D eigenvalue weighted by Crippen LogP contribution is 2.63. The van der Waals surface area contributed by atoms with Crippen LogP contribution in [0.1, 0.15) is 71.6 Å². The van der Waals surface area contributed by atoms with E-state index >= 15 is 0 Å². The fourth-order valence-corrected chi connectivity index (χ4v) is 8.22. The average molecular weight is 469 g/mol. The maximum absolute atomic E-state index is 10.1. The minimum Gasteiger partial charge on any atom is -0.513 e. The molecular formula is C26H44O7. The molecule has 0 bridgehead atoms. The van der Waals surface area contributed by atoms with Gasteiger partial charge in [0.15, 0.2) is 6.29 Å². The van der Waals surface area contributed by atoms with E-state index in [0.717, 1.165) is 36.0 Å². The number of aliphatic hydroxyl groups excluding tert-OH is 6. The third-order valence-electron chi connectivity index (χ3n) is 9.89. The lowest BCUT2D eigenvalue weighted by Crippen LogP contribution is -2.58. The van der Waals surface area contributed by atoms with Gasteiger partial charge in [-0.3, -0.25) is 0 Å². The largest absolute Gasteiger partial charge is 0.513 e. The molecule has 0 spiro atoms. The van der Waals surface area contributed by atoms with Crippen molar-refractivity contribution >= 4 is 0 Å². The molecule has 5 aliphatic rings. The van der Waals surface area contributed by atoms with Crippen molar-refractivity contribution in [3.63, 3.8) is 0 Å². The molecule has 1 heterocycles. The molecule has 7 nitrogen and oxygen atoms in total. The highest BCUT2D eigenvalue weighted by Gasteiger charge is 2.54. The van der Waals surface area contributed by atoms with Gasteiger partial charge in [0.2, 0.25) is 0 Å². The second kappa shape index (κ2) is 10.1. The molecule has 0 aromatic carbocycles. The Morgan fingerprint density at radius 3 is 2.42 bits per heavy atom. The molecule has 7 unspecified atom stereocenters. The minimum absolute atomic E-state index is 0.526. The van der Waals surface area contributed by atoms with Crippen molar-refractivity contribution in [3.05, 3.63) is 11.8 Å². The van der Waals surface area contributed by atoms with E-state index < -0.39 is 37.3 Å². The summed E-state index contributed by atoms with van der Waals surface area (Å²) in [6.07, 6.45) is 7.66. The van der Waals surface area contributed by atoms with Gasteiger partial charge < -0.3 is 35.4 Å². The van der Waals surface area contributed by atoms with Crippen LogP contribution in [0.2, 0.25) is 0 Å². The van der Waals surface area contributed by atoms with E-state index in [2.05, 4.69) is 24.7 Å². The van der Waals surface area contributed by atoms with Gasteiger partial charge in [0, 0.05) is 6.42 Å². The van der Waals surface area contributed by atoms with Crippen molar-refractivity contribution in [3.8, 4) is 0 Å². The molecule has 3 saturated carbocycles. The normalized spacial score (nSPS) is 51.4. The molecule has 1 aliphatic heterocycles. The Morgan fingerprint density at radius 2 is 1.73 bits per heavy atom. The van der Waals surface area contributed by atoms with Gasteiger partial charge in [0.05, 0.1) is 12.4 Å². The number of rotatable bonds is 2. The van der Waals surface area contributed by atoms with Gasteiger partial charge in [-0.1, -0.05) is 20.3 Å². The summed E-state index contributed by atoms with van der Waals surface area (Å²) < 4.78 is 4.58. The van der Waals surface area contributed by atoms with Crippen LogP contribution in [0.3, 0.4) is 0 Å². The Balaban J connectivity index is 0.000000185. The zero-order valence-corrected chi connectivity index (χ0v) is 20.1. The van der Waals surface area contributed by atoms with Crippen LogP contribution in [0.15, 0.2) is 11.8 Å². The Labute approximate surface area is 197 Å². The van der Waals surface area contributed by atoms with Gasteiger partial charge in [0.1, 0.15) is 24.4 Å². The van der Waals surface area contributed by atoms with Gasteiger partial charge in [0.25, 0.3) is 0 Å². The molecule has 0 radical (unpaired) electrons. The maximum Gasteiger partial charge on any atom is 0.184 e. The topological polar surface area (TPSA) is 131 Å². The first kappa shape index (κ1) is 25.4. The van der Waals surface area contributed by atoms with Crippen LogP contribution in [0.25, 0.3) is 0 Å². The molecule has 1 saturated heterocycles. The Hall–Kier alpha value is -0.700. The van der Waals surface area contributed by atoms with Gasteiger partial charge in [-0.05, 0) is 91.9 Å². The highest BCUT2D eigenvalue weighted by atomic mass is 16.6. The highest BCUT2D eigenvalue weighted by molar-refractivity contribution is 5.11.